The first-order chi connectivity index (χ1) is 7.04. The van der Waals surface area contributed by atoms with Gasteiger partial charge >= 0.3 is 0 Å². The summed E-state index contributed by atoms with van der Waals surface area (Å²) in [7, 11) is 1.83. The Kier molecular flexibility index (Phi) is 4.07. The minimum Gasteiger partial charge on any atom is -0.287 e. The first-order valence-corrected chi connectivity index (χ1v) is 4.96. The Morgan fingerprint density at radius 2 is 2.27 bits per heavy atom. The molecule has 0 aromatic heterocycles. The Hall–Kier alpha value is -1.11. The van der Waals surface area contributed by atoms with Crippen molar-refractivity contribution < 1.29 is 4.39 Å². The van der Waals surface area contributed by atoms with Crippen molar-refractivity contribution in [2.75, 3.05) is 7.05 Å². The van der Waals surface area contributed by atoms with E-state index in [-0.39, 0.29) is 11.9 Å². The molecule has 2 nitrogen and oxygen atoms in total. The SMILES string of the molecule is CC(C#N)N(C)Cc1ccc(F)cc1Cl. The van der Waals surface area contributed by atoms with Gasteiger partial charge in [-0.25, -0.2) is 4.39 Å². The summed E-state index contributed by atoms with van der Waals surface area (Å²) in [5.74, 6) is -0.347. The number of benzene rings is 1. The van der Waals surface area contributed by atoms with Crippen LogP contribution in [-0.4, -0.2) is 18.0 Å². The molecule has 1 atom stereocenters. The number of halogens is 2. The molecule has 0 amide bonds. The standard InChI is InChI=1S/C11H12ClFN2/c1-8(6-14)15(2)7-9-3-4-10(13)5-11(9)12/h3-5,8H,7H2,1-2H3. The highest BCUT2D eigenvalue weighted by atomic mass is 35.5. The lowest BCUT2D eigenvalue weighted by molar-refractivity contribution is 0.294. The summed E-state index contributed by atoms with van der Waals surface area (Å²) in [6, 6.07) is 6.22. The van der Waals surface area contributed by atoms with Crippen LogP contribution in [0.15, 0.2) is 18.2 Å². The van der Waals surface area contributed by atoms with Gasteiger partial charge in [-0.05, 0) is 31.7 Å². The molecule has 0 aliphatic rings. The van der Waals surface area contributed by atoms with Gasteiger partial charge in [-0.1, -0.05) is 17.7 Å². The molecule has 0 fully saturated rings. The molecule has 0 saturated heterocycles. The molecular weight excluding hydrogens is 215 g/mol. The summed E-state index contributed by atoms with van der Waals surface area (Å²) in [6.45, 7) is 2.34. The van der Waals surface area contributed by atoms with Gasteiger partial charge in [0, 0.05) is 11.6 Å². The monoisotopic (exact) mass is 226 g/mol. The van der Waals surface area contributed by atoms with E-state index in [1.807, 2.05) is 11.9 Å². The summed E-state index contributed by atoms with van der Waals surface area (Å²) in [5, 5.41) is 9.11. The Morgan fingerprint density at radius 3 is 2.80 bits per heavy atom. The van der Waals surface area contributed by atoms with E-state index >= 15 is 0 Å². The second-order valence-corrected chi connectivity index (χ2v) is 3.86. The van der Waals surface area contributed by atoms with Gasteiger partial charge in [0.1, 0.15) is 5.82 Å². The van der Waals surface area contributed by atoms with Gasteiger partial charge in [0.2, 0.25) is 0 Å². The molecule has 0 saturated carbocycles. The van der Waals surface area contributed by atoms with Crippen LogP contribution in [0.3, 0.4) is 0 Å². The average Bonchev–Trinajstić information content (AvgIpc) is 2.20. The van der Waals surface area contributed by atoms with Gasteiger partial charge in [0.25, 0.3) is 0 Å². The third kappa shape index (κ3) is 3.19. The van der Waals surface area contributed by atoms with Crippen LogP contribution in [0.5, 0.6) is 0 Å². The molecule has 0 aliphatic heterocycles. The number of rotatable bonds is 3. The number of hydrogen-bond acceptors (Lipinski definition) is 2. The molecule has 0 spiro atoms. The maximum Gasteiger partial charge on any atom is 0.124 e. The predicted molar refractivity (Wildman–Crippen MR) is 58.0 cm³/mol. The minimum atomic E-state index is -0.347. The molecule has 15 heavy (non-hydrogen) atoms. The predicted octanol–water partition coefficient (Wildman–Crippen LogP) is 2.82. The lowest BCUT2D eigenvalue weighted by Gasteiger charge is -2.19. The Bertz CT molecular complexity index is 387. The highest BCUT2D eigenvalue weighted by molar-refractivity contribution is 6.31. The Balaban J connectivity index is 2.78. The quantitative estimate of drug-likeness (QED) is 0.793. The molecule has 0 aliphatic carbocycles. The zero-order chi connectivity index (χ0) is 11.4. The van der Waals surface area contributed by atoms with Crippen LogP contribution < -0.4 is 0 Å². The van der Waals surface area contributed by atoms with Gasteiger partial charge in [-0.3, -0.25) is 4.90 Å². The molecule has 80 valence electrons. The normalized spacial score (nSPS) is 12.5. The molecule has 0 bridgehead atoms. The third-order valence-corrected chi connectivity index (χ3v) is 2.63. The third-order valence-electron chi connectivity index (χ3n) is 2.28. The van der Waals surface area contributed by atoms with Gasteiger partial charge in [-0.2, -0.15) is 5.26 Å². The Morgan fingerprint density at radius 1 is 1.60 bits per heavy atom. The smallest absolute Gasteiger partial charge is 0.124 e. The second-order valence-electron chi connectivity index (χ2n) is 3.46. The zero-order valence-electron chi connectivity index (χ0n) is 8.67. The molecule has 1 aromatic carbocycles. The summed E-state index contributed by atoms with van der Waals surface area (Å²) < 4.78 is 12.8. The molecule has 1 aromatic rings. The van der Waals surface area contributed by atoms with E-state index in [1.54, 1.807) is 13.0 Å². The molecule has 1 unspecified atom stereocenters. The maximum absolute atomic E-state index is 12.8. The van der Waals surface area contributed by atoms with Crippen LogP contribution in [-0.2, 0) is 6.54 Å². The summed E-state index contributed by atoms with van der Waals surface area (Å²) in [5.41, 5.74) is 0.822. The lowest BCUT2D eigenvalue weighted by atomic mass is 10.2. The van der Waals surface area contributed by atoms with Crippen LogP contribution in [0.4, 0.5) is 4.39 Å². The van der Waals surface area contributed by atoms with Gasteiger partial charge < -0.3 is 0 Å². The summed E-state index contributed by atoms with van der Waals surface area (Å²) in [4.78, 5) is 1.85. The van der Waals surface area contributed by atoms with E-state index in [9.17, 15) is 4.39 Å². The summed E-state index contributed by atoms with van der Waals surface area (Å²) in [6.07, 6.45) is 0. The fourth-order valence-electron chi connectivity index (χ4n) is 1.15. The van der Waals surface area contributed by atoms with Crippen molar-refractivity contribution >= 4 is 11.6 Å². The molecule has 0 N–H and O–H groups in total. The highest BCUT2D eigenvalue weighted by Gasteiger charge is 2.10. The molecule has 4 heteroatoms. The van der Waals surface area contributed by atoms with Crippen molar-refractivity contribution in [3.63, 3.8) is 0 Å². The van der Waals surface area contributed by atoms with E-state index in [0.29, 0.717) is 11.6 Å². The van der Waals surface area contributed by atoms with E-state index in [1.165, 1.54) is 12.1 Å². The van der Waals surface area contributed by atoms with Crippen LogP contribution in [0.1, 0.15) is 12.5 Å². The topological polar surface area (TPSA) is 27.0 Å². The number of nitrogens with zero attached hydrogens (tertiary/aromatic N) is 2. The van der Waals surface area contributed by atoms with Gasteiger partial charge in [-0.15, -0.1) is 0 Å². The minimum absolute atomic E-state index is 0.189. The molecular formula is C11H12ClFN2. The number of hydrogen-bond donors (Lipinski definition) is 0. The van der Waals surface area contributed by atoms with Crippen molar-refractivity contribution in [3.05, 3.63) is 34.6 Å². The highest BCUT2D eigenvalue weighted by Crippen LogP contribution is 2.19. The van der Waals surface area contributed by atoms with Crippen LogP contribution in [0, 0.1) is 17.1 Å². The fourth-order valence-corrected chi connectivity index (χ4v) is 1.38. The van der Waals surface area contributed by atoms with Crippen molar-refractivity contribution in [1.29, 1.82) is 5.26 Å². The lowest BCUT2D eigenvalue weighted by Crippen LogP contribution is -2.27. The van der Waals surface area contributed by atoms with Gasteiger partial charge in [0.15, 0.2) is 0 Å². The van der Waals surface area contributed by atoms with Crippen LogP contribution in [0.25, 0.3) is 0 Å². The average molecular weight is 227 g/mol. The van der Waals surface area contributed by atoms with Crippen molar-refractivity contribution in [2.45, 2.75) is 19.5 Å². The van der Waals surface area contributed by atoms with E-state index < -0.39 is 0 Å². The number of nitriles is 1. The van der Waals surface area contributed by atoms with E-state index in [0.717, 1.165) is 5.56 Å². The first-order valence-electron chi connectivity index (χ1n) is 4.58. The first kappa shape index (κ1) is 12.0. The van der Waals surface area contributed by atoms with Crippen molar-refractivity contribution in [3.8, 4) is 6.07 Å². The van der Waals surface area contributed by atoms with E-state index in [4.69, 9.17) is 16.9 Å². The Labute approximate surface area is 93.9 Å². The molecule has 0 radical (unpaired) electrons. The van der Waals surface area contributed by atoms with E-state index in [2.05, 4.69) is 6.07 Å². The molecule has 1 rings (SSSR count). The zero-order valence-corrected chi connectivity index (χ0v) is 9.42. The second kappa shape index (κ2) is 5.11. The van der Waals surface area contributed by atoms with Crippen molar-refractivity contribution in [1.82, 2.24) is 4.90 Å². The largest absolute Gasteiger partial charge is 0.287 e. The van der Waals surface area contributed by atoms with Crippen LogP contribution >= 0.6 is 11.6 Å². The summed E-state index contributed by atoms with van der Waals surface area (Å²) >= 11 is 5.87. The van der Waals surface area contributed by atoms with Gasteiger partial charge in [0.05, 0.1) is 12.1 Å². The maximum atomic E-state index is 12.8. The van der Waals surface area contributed by atoms with Crippen molar-refractivity contribution in [2.24, 2.45) is 0 Å². The van der Waals surface area contributed by atoms with Crippen LogP contribution in [0.2, 0.25) is 5.02 Å². The molecule has 0 heterocycles. The fraction of sp³-hybridized carbons (Fsp3) is 0.364.